The van der Waals surface area contributed by atoms with Crippen molar-refractivity contribution in [2.45, 2.75) is 18.5 Å². The second-order valence-electron chi connectivity index (χ2n) is 9.30. The Morgan fingerprint density at radius 2 is 1.73 bits per heavy atom. The van der Waals surface area contributed by atoms with Crippen molar-refractivity contribution in [2.24, 2.45) is 0 Å². The first-order valence-corrected chi connectivity index (χ1v) is 12.8. The molecule has 0 spiro atoms. The first-order valence-electron chi connectivity index (χ1n) is 12.4. The van der Waals surface area contributed by atoms with Crippen molar-refractivity contribution < 1.29 is 9.59 Å². The second kappa shape index (κ2) is 11.1. The molecule has 1 N–H and O–H groups in total. The standard InChI is InChI=1S/C30H29ClN4O2/c1-32-28(36)17-25-20-34(30(37)27-19-33-18-23-10-5-6-13-26(23)27)14-15-35(25)29(21-8-3-2-4-9-21)22-11-7-12-24(31)16-22/h2-13,16,18-19,25,29H,14-15,17,20H2,1H3,(H,32,36)/t25-,29+/m1/s1. The third-order valence-electron chi connectivity index (χ3n) is 7.03. The van der Waals surface area contributed by atoms with Crippen LogP contribution < -0.4 is 5.32 Å². The van der Waals surface area contributed by atoms with Crippen LogP contribution in [0.1, 0.15) is 33.9 Å². The van der Waals surface area contributed by atoms with Crippen molar-refractivity contribution >= 4 is 34.2 Å². The number of benzene rings is 3. The van der Waals surface area contributed by atoms with Crippen LogP contribution in [-0.4, -0.2) is 59.3 Å². The fourth-order valence-electron chi connectivity index (χ4n) is 5.24. The van der Waals surface area contributed by atoms with Gasteiger partial charge in [-0.15, -0.1) is 0 Å². The maximum absolute atomic E-state index is 13.7. The van der Waals surface area contributed by atoms with Gasteiger partial charge in [-0.1, -0.05) is 78.3 Å². The Morgan fingerprint density at radius 1 is 0.973 bits per heavy atom. The average molecular weight is 513 g/mol. The van der Waals surface area contributed by atoms with Gasteiger partial charge < -0.3 is 10.2 Å². The summed E-state index contributed by atoms with van der Waals surface area (Å²) in [5.74, 6) is -0.126. The number of amides is 2. The fourth-order valence-corrected chi connectivity index (χ4v) is 5.43. The van der Waals surface area contributed by atoms with Crippen LogP contribution in [0.4, 0.5) is 0 Å². The molecule has 2 heterocycles. The number of aromatic nitrogens is 1. The summed E-state index contributed by atoms with van der Waals surface area (Å²) < 4.78 is 0. The topological polar surface area (TPSA) is 65.5 Å². The molecule has 1 aromatic heterocycles. The van der Waals surface area contributed by atoms with Crippen LogP contribution in [0.5, 0.6) is 0 Å². The molecule has 0 aliphatic carbocycles. The third kappa shape index (κ3) is 5.36. The molecule has 5 rings (SSSR count). The van der Waals surface area contributed by atoms with Crippen molar-refractivity contribution in [1.29, 1.82) is 0 Å². The van der Waals surface area contributed by atoms with E-state index in [-0.39, 0.29) is 30.3 Å². The van der Waals surface area contributed by atoms with Gasteiger partial charge in [0.1, 0.15) is 0 Å². The van der Waals surface area contributed by atoms with E-state index in [1.165, 1.54) is 0 Å². The molecule has 6 nitrogen and oxygen atoms in total. The lowest BCUT2D eigenvalue weighted by Gasteiger charge is -2.45. The molecular formula is C30H29ClN4O2. The van der Waals surface area contributed by atoms with Crippen LogP contribution in [0.2, 0.25) is 5.02 Å². The van der Waals surface area contributed by atoms with Crippen LogP contribution in [-0.2, 0) is 4.79 Å². The van der Waals surface area contributed by atoms with E-state index in [4.69, 9.17) is 11.6 Å². The molecular weight excluding hydrogens is 484 g/mol. The Morgan fingerprint density at radius 3 is 2.51 bits per heavy atom. The van der Waals surface area contributed by atoms with Crippen molar-refractivity contribution in [2.75, 3.05) is 26.7 Å². The zero-order chi connectivity index (χ0) is 25.8. The number of nitrogens with one attached hydrogen (secondary N) is 1. The van der Waals surface area contributed by atoms with E-state index < -0.39 is 0 Å². The van der Waals surface area contributed by atoms with Crippen LogP contribution in [0.3, 0.4) is 0 Å². The van der Waals surface area contributed by atoms with Gasteiger partial charge in [0.2, 0.25) is 5.91 Å². The van der Waals surface area contributed by atoms with Gasteiger partial charge in [-0.2, -0.15) is 0 Å². The molecule has 188 valence electrons. The van der Waals surface area contributed by atoms with E-state index in [1.54, 1.807) is 19.4 Å². The van der Waals surface area contributed by atoms with Crippen molar-refractivity contribution in [3.05, 3.63) is 113 Å². The fraction of sp³-hybridized carbons (Fsp3) is 0.233. The predicted molar refractivity (Wildman–Crippen MR) is 147 cm³/mol. The molecule has 7 heteroatoms. The first kappa shape index (κ1) is 24.9. The first-order chi connectivity index (χ1) is 18.0. The van der Waals surface area contributed by atoms with E-state index >= 15 is 0 Å². The monoisotopic (exact) mass is 512 g/mol. The number of nitrogens with zero attached hydrogens (tertiary/aromatic N) is 3. The second-order valence-corrected chi connectivity index (χ2v) is 9.73. The number of piperazine rings is 1. The summed E-state index contributed by atoms with van der Waals surface area (Å²) in [6, 6.07) is 25.6. The number of carbonyl (C=O) groups excluding carboxylic acids is 2. The highest BCUT2D eigenvalue weighted by Crippen LogP contribution is 2.34. The molecule has 2 atom stereocenters. The average Bonchev–Trinajstić information content (AvgIpc) is 2.94. The Balaban J connectivity index is 1.50. The van der Waals surface area contributed by atoms with Crippen LogP contribution in [0.25, 0.3) is 10.8 Å². The quantitative estimate of drug-likeness (QED) is 0.397. The van der Waals surface area contributed by atoms with Gasteiger partial charge in [-0.25, -0.2) is 0 Å². The Kier molecular flexibility index (Phi) is 7.49. The van der Waals surface area contributed by atoms with Gasteiger partial charge in [-0.05, 0) is 28.6 Å². The lowest BCUT2D eigenvalue weighted by molar-refractivity contribution is -0.122. The summed E-state index contributed by atoms with van der Waals surface area (Å²) in [4.78, 5) is 34.8. The summed E-state index contributed by atoms with van der Waals surface area (Å²) >= 11 is 6.40. The minimum Gasteiger partial charge on any atom is -0.359 e. The molecule has 4 aromatic rings. The highest BCUT2D eigenvalue weighted by Gasteiger charge is 2.36. The predicted octanol–water partition coefficient (Wildman–Crippen LogP) is 4.94. The molecule has 2 amide bonds. The molecule has 1 aliphatic heterocycles. The number of pyridine rings is 1. The summed E-state index contributed by atoms with van der Waals surface area (Å²) in [5, 5.41) is 5.24. The Hall–Kier alpha value is -3.74. The maximum atomic E-state index is 13.7. The summed E-state index contributed by atoms with van der Waals surface area (Å²) in [6.45, 7) is 1.58. The minimum absolute atomic E-state index is 0.0611. The van der Waals surface area contributed by atoms with E-state index in [0.29, 0.717) is 30.2 Å². The van der Waals surface area contributed by atoms with Gasteiger partial charge in [0.05, 0.1) is 11.6 Å². The smallest absolute Gasteiger partial charge is 0.256 e. The minimum atomic E-state index is -0.190. The van der Waals surface area contributed by atoms with Gasteiger partial charge >= 0.3 is 0 Å². The molecule has 0 radical (unpaired) electrons. The van der Waals surface area contributed by atoms with Crippen LogP contribution in [0, 0.1) is 0 Å². The normalized spacial score (nSPS) is 16.9. The van der Waals surface area contributed by atoms with Crippen LogP contribution >= 0.6 is 11.6 Å². The van der Waals surface area contributed by atoms with Gasteiger partial charge in [0.15, 0.2) is 0 Å². The number of hydrogen-bond acceptors (Lipinski definition) is 4. The summed E-state index contributed by atoms with van der Waals surface area (Å²) in [7, 11) is 1.64. The SMILES string of the molecule is CNC(=O)C[C@@H]1CN(C(=O)c2cncc3ccccc23)CCN1[C@@H](c1ccccc1)c1cccc(Cl)c1. The van der Waals surface area contributed by atoms with Gasteiger partial charge in [0, 0.05) is 61.9 Å². The van der Waals surface area contributed by atoms with Gasteiger partial charge in [-0.3, -0.25) is 19.5 Å². The lowest BCUT2D eigenvalue weighted by Crippen LogP contribution is -2.56. The summed E-state index contributed by atoms with van der Waals surface area (Å²) in [5.41, 5.74) is 2.75. The highest BCUT2D eigenvalue weighted by atomic mass is 35.5. The Bertz CT molecular complexity index is 1410. The molecule has 1 fully saturated rings. The number of hydrogen-bond donors (Lipinski definition) is 1. The van der Waals surface area contributed by atoms with Gasteiger partial charge in [0.25, 0.3) is 5.91 Å². The maximum Gasteiger partial charge on any atom is 0.256 e. The number of fused-ring (bicyclic) bond motifs is 1. The van der Waals surface area contributed by atoms with Crippen molar-refractivity contribution in [3.8, 4) is 0 Å². The third-order valence-corrected chi connectivity index (χ3v) is 7.26. The lowest BCUT2D eigenvalue weighted by atomic mass is 9.93. The molecule has 0 unspecified atom stereocenters. The van der Waals surface area contributed by atoms with E-state index in [1.807, 2.05) is 65.6 Å². The Labute approximate surface area is 221 Å². The largest absolute Gasteiger partial charge is 0.359 e. The van der Waals surface area contributed by atoms with E-state index in [2.05, 4.69) is 33.4 Å². The summed E-state index contributed by atoms with van der Waals surface area (Å²) in [6.07, 6.45) is 3.69. The number of rotatable bonds is 6. The molecule has 1 aliphatic rings. The highest BCUT2D eigenvalue weighted by molar-refractivity contribution is 6.30. The molecule has 3 aromatic carbocycles. The number of carbonyl (C=O) groups is 2. The molecule has 0 saturated carbocycles. The zero-order valence-electron chi connectivity index (χ0n) is 20.7. The van der Waals surface area contributed by atoms with E-state index in [9.17, 15) is 9.59 Å². The van der Waals surface area contributed by atoms with Crippen LogP contribution in [0.15, 0.2) is 91.3 Å². The van der Waals surface area contributed by atoms with Crippen molar-refractivity contribution in [1.82, 2.24) is 20.1 Å². The van der Waals surface area contributed by atoms with E-state index in [0.717, 1.165) is 21.9 Å². The van der Waals surface area contributed by atoms with Crippen molar-refractivity contribution in [3.63, 3.8) is 0 Å². The molecule has 37 heavy (non-hydrogen) atoms. The molecule has 0 bridgehead atoms. The number of halogens is 1. The molecule has 1 saturated heterocycles. The zero-order valence-corrected chi connectivity index (χ0v) is 21.4.